The molecule has 4 aromatic rings. The Hall–Kier alpha value is -3.26. The molecular formula is C18H14N4O3S. The maximum Gasteiger partial charge on any atom is 0.267 e. The summed E-state index contributed by atoms with van der Waals surface area (Å²) in [4.78, 5) is 17.4. The van der Waals surface area contributed by atoms with Gasteiger partial charge in [-0.3, -0.25) is 4.79 Å². The molecule has 4 rings (SSSR count). The van der Waals surface area contributed by atoms with Crippen LogP contribution in [0.1, 0.15) is 5.89 Å². The molecule has 130 valence electrons. The lowest BCUT2D eigenvalue weighted by atomic mass is 10.1. The quantitative estimate of drug-likeness (QED) is 0.540. The topological polar surface area (TPSA) is 83.0 Å². The molecule has 0 radical (unpaired) electrons. The molecule has 0 aliphatic carbocycles. The summed E-state index contributed by atoms with van der Waals surface area (Å²) in [5.41, 5.74) is 1.31. The van der Waals surface area contributed by atoms with E-state index >= 15 is 0 Å². The SMILES string of the molecule is COc1ccc(-c2ccc(=O)n(Cc3nc(-c4cccs4)no3)n2)cc1. The first kappa shape index (κ1) is 16.2. The van der Waals surface area contributed by atoms with Crippen LogP contribution >= 0.6 is 11.3 Å². The van der Waals surface area contributed by atoms with Gasteiger partial charge in [0.05, 0.1) is 17.7 Å². The van der Waals surface area contributed by atoms with Crippen LogP contribution in [0, 0.1) is 0 Å². The predicted octanol–water partition coefficient (Wildman–Crippen LogP) is 3.08. The van der Waals surface area contributed by atoms with Crippen molar-refractivity contribution >= 4 is 11.3 Å². The second-order valence-corrected chi connectivity index (χ2v) is 6.38. The van der Waals surface area contributed by atoms with Crippen molar-refractivity contribution < 1.29 is 9.26 Å². The monoisotopic (exact) mass is 366 g/mol. The van der Waals surface area contributed by atoms with Crippen LogP contribution in [-0.4, -0.2) is 27.0 Å². The summed E-state index contributed by atoms with van der Waals surface area (Å²) in [5.74, 6) is 1.60. The van der Waals surface area contributed by atoms with E-state index in [1.807, 2.05) is 41.8 Å². The molecular weight excluding hydrogens is 352 g/mol. The van der Waals surface area contributed by atoms with E-state index in [1.54, 1.807) is 13.2 Å². The number of methoxy groups -OCH3 is 1. The van der Waals surface area contributed by atoms with Crippen LogP contribution in [-0.2, 0) is 6.54 Å². The number of hydrogen-bond acceptors (Lipinski definition) is 7. The number of aromatic nitrogens is 4. The number of nitrogens with zero attached hydrogens (tertiary/aromatic N) is 4. The van der Waals surface area contributed by atoms with Crippen molar-refractivity contribution in [2.24, 2.45) is 0 Å². The summed E-state index contributed by atoms with van der Waals surface area (Å²) >= 11 is 1.52. The Bertz CT molecular complexity index is 1070. The van der Waals surface area contributed by atoms with Gasteiger partial charge in [0.1, 0.15) is 12.3 Å². The number of benzene rings is 1. The molecule has 0 saturated heterocycles. The summed E-state index contributed by atoms with van der Waals surface area (Å²) in [5, 5.41) is 10.3. The van der Waals surface area contributed by atoms with Crippen molar-refractivity contribution in [3.8, 4) is 27.7 Å². The van der Waals surface area contributed by atoms with Gasteiger partial charge in [-0.1, -0.05) is 11.2 Å². The minimum atomic E-state index is -0.238. The third-order valence-electron chi connectivity index (χ3n) is 3.75. The molecule has 0 amide bonds. The van der Waals surface area contributed by atoms with Crippen LogP contribution in [0.3, 0.4) is 0 Å². The van der Waals surface area contributed by atoms with Gasteiger partial charge >= 0.3 is 0 Å². The van der Waals surface area contributed by atoms with Crippen LogP contribution in [0.4, 0.5) is 0 Å². The molecule has 0 aliphatic rings. The molecule has 0 fully saturated rings. The fraction of sp³-hybridized carbons (Fsp3) is 0.111. The second-order valence-electron chi connectivity index (χ2n) is 5.43. The summed E-state index contributed by atoms with van der Waals surface area (Å²) in [6.45, 7) is 0.112. The van der Waals surface area contributed by atoms with E-state index in [2.05, 4.69) is 15.2 Å². The smallest absolute Gasteiger partial charge is 0.267 e. The van der Waals surface area contributed by atoms with E-state index in [4.69, 9.17) is 9.26 Å². The molecule has 3 aromatic heterocycles. The van der Waals surface area contributed by atoms with Crippen LogP contribution in [0.5, 0.6) is 5.75 Å². The highest BCUT2D eigenvalue weighted by atomic mass is 32.1. The van der Waals surface area contributed by atoms with E-state index in [9.17, 15) is 4.79 Å². The van der Waals surface area contributed by atoms with Crippen molar-refractivity contribution in [1.82, 2.24) is 19.9 Å². The van der Waals surface area contributed by atoms with Gasteiger partial charge in [-0.25, -0.2) is 4.68 Å². The van der Waals surface area contributed by atoms with E-state index in [0.29, 0.717) is 17.4 Å². The molecule has 1 aromatic carbocycles. The molecule has 0 bridgehead atoms. The van der Waals surface area contributed by atoms with Gasteiger partial charge in [0, 0.05) is 11.6 Å². The van der Waals surface area contributed by atoms with Gasteiger partial charge < -0.3 is 9.26 Å². The van der Waals surface area contributed by atoms with Crippen LogP contribution in [0.15, 0.2) is 63.2 Å². The highest BCUT2D eigenvalue weighted by Gasteiger charge is 2.12. The molecule has 0 unspecified atom stereocenters. The van der Waals surface area contributed by atoms with E-state index < -0.39 is 0 Å². The Morgan fingerprint density at radius 2 is 2.00 bits per heavy atom. The summed E-state index contributed by atoms with van der Waals surface area (Å²) in [6, 6.07) is 14.5. The molecule has 0 saturated carbocycles. The van der Waals surface area contributed by atoms with Gasteiger partial charge in [0.2, 0.25) is 11.7 Å². The van der Waals surface area contributed by atoms with E-state index in [1.165, 1.54) is 22.1 Å². The zero-order valence-electron chi connectivity index (χ0n) is 13.8. The Morgan fingerprint density at radius 3 is 2.73 bits per heavy atom. The zero-order valence-corrected chi connectivity index (χ0v) is 14.6. The average Bonchev–Trinajstić information content (AvgIpc) is 3.35. The maximum absolute atomic E-state index is 12.1. The number of thiophene rings is 1. The molecule has 7 nitrogen and oxygen atoms in total. The first-order valence-electron chi connectivity index (χ1n) is 7.82. The predicted molar refractivity (Wildman–Crippen MR) is 97.2 cm³/mol. The van der Waals surface area contributed by atoms with Crippen LogP contribution in [0.25, 0.3) is 22.0 Å². The van der Waals surface area contributed by atoms with Gasteiger partial charge in [0.15, 0.2) is 0 Å². The van der Waals surface area contributed by atoms with Crippen molar-refractivity contribution in [2.45, 2.75) is 6.54 Å². The summed E-state index contributed by atoms with van der Waals surface area (Å²) in [7, 11) is 1.61. The van der Waals surface area contributed by atoms with E-state index in [0.717, 1.165) is 16.2 Å². The minimum Gasteiger partial charge on any atom is -0.497 e. The molecule has 0 spiro atoms. The Balaban J connectivity index is 1.61. The third kappa shape index (κ3) is 3.27. The zero-order chi connectivity index (χ0) is 17.9. The molecule has 0 aliphatic heterocycles. The van der Waals surface area contributed by atoms with Gasteiger partial charge in [-0.15, -0.1) is 11.3 Å². The van der Waals surface area contributed by atoms with Crippen LogP contribution < -0.4 is 10.3 Å². The van der Waals surface area contributed by atoms with Crippen molar-refractivity contribution in [1.29, 1.82) is 0 Å². The Kier molecular flexibility index (Phi) is 4.32. The number of hydrogen-bond donors (Lipinski definition) is 0. The normalized spacial score (nSPS) is 10.8. The van der Waals surface area contributed by atoms with Crippen molar-refractivity contribution in [3.63, 3.8) is 0 Å². The highest BCUT2D eigenvalue weighted by Crippen LogP contribution is 2.22. The largest absolute Gasteiger partial charge is 0.497 e. The standard InChI is InChI=1S/C18H14N4O3S/c1-24-13-6-4-12(5-7-13)14-8-9-17(23)22(20-14)11-16-19-18(21-25-16)15-3-2-10-26-15/h2-10H,11H2,1H3. The lowest BCUT2D eigenvalue weighted by Crippen LogP contribution is -2.23. The molecule has 8 heteroatoms. The molecule has 0 N–H and O–H groups in total. The van der Waals surface area contributed by atoms with Gasteiger partial charge in [0.25, 0.3) is 5.56 Å². The average molecular weight is 366 g/mol. The second kappa shape index (κ2) is 6.93. The first-order chi connectivity index (χ1) is 12.7. The number of rotatable bonds is 5. The summed E-state index contributed by atoms with van der Waals surface area (Å²) < 4.78 is 11.7. The number of ether oxygens (including phenoxy) is 1. The van der Waals surface area contributed by atoms with Gasteiger partial charge in [-0.2, -0.15) is 10.1 Å². The fourth-order valence-electron chi connectivity index (χ4n) is 2.43. The van der Waals surface area contributed by atoms with Crippen molar-refractivity contribution in [3.05, 3.63) is 70.2 Å². The van der Waals surface area contributed by atoms with Crippen molar-refractivity contribution in [2.75, 3.05) is 7.11 Å². The highest BCUT2D eigenvalue weighted by molar-refractivity contribution is 7.13. The molecule has 0 atom stereocenters. The molecule has 3 heterocycles. The summed E-state index contributed by atoms with van der Waals surface area (Å²) in [6.07, 6.45) is 0. The Labute approximate surface area is 152 Å². The van der Waals surface area contributed by atoms with Crippen LogP contribution in [0.2, 0.25) is 0 Å². The Morgan fingerprint density at radius 1 is 1.15 bits per heavy atom. The van der Waals surface area contributed by atoms with E-state index in [-0.39, 0.29) is 12.1 Å². The fourth-order valence-corrected chi connectivity index (χ4v) is 3.08. The first-order valence-corrected chi connectivity index (χ1v) is 8.70. The maximum atomic E-state index is 12.1. The lowest BCUT2D eigenvalue weighted by Gasteiger charge is -2.06. The van der Waals surface area contributed by atoms with Gasteiger partial charge in [-0.05, 0) is 41.8 Å². The minimum absolute atomic E-state index is 0.112. The molecule has 26 heavy (non-hydrogen) atoms. The lowest BCUT2D eigenvalue weighted by molar-refractivity contribution is 0.363. The third-order valence-corrected chi connectivity index (χ3v) is 4.61.